The van der Waals surface area contributed by atoms with Crippen molar-refractivity contribution >= 4 is 5.91 Å². The van der Waals surface area contributed by atoms with E-state index in [0.29, 0.717) is 18.0 Å². The first-order valence-corrected chi connectivity index (χ1v) is 8.00. The van der Waals surface area contributed by atoms with Gasteiger partial charge in [0.25, 0.3) is 5.91 Å². The largest absolute Gasteiger partial charge is 0.481 e. The second-order valence-corrected chi connectivity index (χ2v) is 6.75. The monoisotopic (exact) mass is 321 g/mol. The minimum Gasteiger partial charge on any atom is -0.481 e. The van der Waals surface area contributed by atoms with Gasteiger partial charge in [0, 0.05) is 37.4 Å². The molecule has 1 aliphatic rings. The highest BCUT2D eigenvalue weighted by atomic mass is 16.5. The van der Waals surface area contributed by atoms with Gasteiger partial charge >= 0.3 is 0 Å². The Labute approximate surface area is 138 Å². The van der Waals surface area contributed by atoms with E-state index in [1.165, 1.54) is 6.20 Å². The standard InChI is InChI=1S/C17H27N3O3/c1-12-9-20(10-13(2)23-12)17(3,4)11-19-16(21)14-6-7-15(22-5)18-8-14/h6-8,12-13H,9-11H2,1-5H3,(H,19,21)/t12-,13+. The lowest BCUT2D eigenvalue weighted by Gasteiger charge is -2.45. The molecule has 2 rings (SSSR count). The lowest BCUT2D eigenvalue weighted by Crippen LogP contribution is -2.58. The fraction of sp³-hybridized carbons (Fsp3) is 0.647. The van der Waals surface area contributed by atoms with Crippen molar-refractivity contribution in [3.05, 3.63) is 23.9 Å². The zero-order chi connectivity index (χ0) is 17.0. The minimum absolute atomic E-state index is 0.123. The van der Waals surface area contributed by atoms with Crippen LogP contribution in [0.15, 0.2) is 18.3 Å². The molecule has 1 aromatic heterocycles. The van der Waals surface area contributed by atoms with Gasteiger partial charge in [-0.2, -0.15) is 0 Å². The molecular formula is C17H27N3O3. The van der Waals surface area contributed by atoms with Crippen molar-refractivity contribution < 1.29 is 14.3 Å². The van der Waals surface area contributed by atoms with Gasteiger partial charge < -0.3 is 14.8 Å². The van der Waals surface area contributed by atoms with Gasteiger partial charge in [-0.05, 0) is 33.8 Å². The highest BCUT2D eigenvalue weighted by Crippen LogP contribution is 2.20. The van der Waals surface area contributed by atoms with Crippen molar-refractivity contribution in [2.45, 2.75) is 45.4 Å². The predicted octanol–water partition coefficient (Wildman–Crippen LogP) is 1.71. The summed E-state index contributed by atoms with van der Waals surface area (Å²) in [5.74, 6) is 0.376. The zero-order valence-corrected chi connectivity index (χ0v) is 14.6. The first-order valence-electron chi connectivity index (χ1n) is 8.00. The zero-order valence-electron chi connectivity index (χ0n) is 14.6. The fourth-order valence-corrected chi connectivity index (χ4v) is 2.82. The molecular weight excluding hydrogens is 294 g/mol. The number of rotatable bonds is 5. The molecule has 0 spiro atoms. The summed E-state index contributed by atoms with van der Waals surface area (Å²) in [5, 5.41) is 3.00. The third-order valence-corrected chi connectivity index (χ3v) is 4.16. The van der Waals surface area contributed by atoms with Crippen LogP contribution in [0.3, 0.4) is 0 Å². The van der Waals surface area contributed by atoms with Crippen LogP contribution in [-0.2, 0) is 4.74 Å². The molecule has 0 saturated carbocycles. The number of hydrogen-bond donors (Lipinski definition) is 1. The lowest BCUT2D eigenvalue weighted by molar-refractivity contribution is -0.0948. The average Bonchev–Trinajstić information content (AvgIpc) is 2.52. The maximum atomic E-state index is 12.3. The molecule has 1 aromatic rings. The summed E-state index contributed by atoms with van der Waals surface area (Å²) >= 11 is 0. The second kappa shape index (κ2) is 7.27. The molecule has 0 bridgehead atoms. The van der Waals surface area contributed by atoms with E-state index in [0.717, 1.165) is 13.1 Å². The van der Waals surface area contributed by atoms with Crippen LogP contribution in [0.5, 0.6) is 5.88 Å². The van der Waals surface area contributed by atoms with Gasteiger partial charge in [-0.25, -0.2) is 4.98 Å². The first kappa shape index (κ1) is 17.7. The van der Waals surface area contributed by atoms with Gasteiger partial charge in [-0.3, -0.25) is 9.69 Å². The van der Waals surface area contributed by atoms with E-state index in [9.17, 15) is 4.79 Å². The van der Waals surface area contributed by atoms with Crippen LogP contribution in [0, 0.1) is 0 Å². The van der Waals surface area contributed by atoms with Crippen LogP contribution in [0.25, 0.3) is 0 Å². The molecule has 1 N–H and O–H groups in total. The van der Waals surface area contributed by atoms with Gasteiger partial charge in [-0.1, -0.05) is 0 Å². The molecule has 1 saturated heterocycles. The van der Waals surface area contributed by atoms with Crippen LogP contribution >= 0.6 is 0 Å². The number of nitrogens with zero attached hydrogens (tertiary/aromatic N) is 2. The van der Waals surface area contributed by atoms with E-state index in [2.05, 4.69) is 42.9 Å². The molecule has 128 valence electrons. The minimum atomic E-state index is -0.137. The molecule has 0 aliphatic carbocycles. The number of methoxy groups -OCH3 is 1. The Bertz CT molecular complexity index is 520. The van der Waals surface area contributed by atoms with Crippen LogP contribution in [-0.4, -0.2) is 60.3 Å². The molecule has 2 atom stereocenters. The number of pyridine rings is 1. The topological polar surface area (TPSA) is 63.7 Å². The van der Waals surface area contributed by atoms with Crippen LogP contribution in [0.4, 0.5) is 0 Å². The van der Waals surface area contributed by atoms with Crippen LogP contribution < -0.4 is 10.1 Å². The summed E-state index contributed by atoms with van der Waals surface area (Å²) in [6, 6.07) is 3.40. The number of aromatic nitrogens is 1. The molecule has 23 heavy (non-hydrogen) atoms. The van der Waals surface area contributed by atoms with Crippen molar-refractivity contribution in [2.24, 2.45) is 0 Å². The van der Waals surface area contributed by atoms with Crippen molar-refractivity contribution in [3.8, 4) is 5.88 Å². The summed E-state index contributed by atoms with van der Waals surface area (Å²) in [6.45, 7) is 10.8. The summed E-state index contributed by atoms with van der Waals surface area (Å²) in [7, 11) is 1.55. The quantitative estimate of drug-likeness (QED) is 0.894. The Morgan fingerprint density at radius 2 is 2.04 bits per heavy atom. The normalized spacial score (nSPS) is 22.7. The lowest BCUT2D eigenvalue weighted by atomic mass is 10.00. The molecule has 0 radical (unpaired) electrons. The maximum absolute atomic E-state index is 12.3. The maximum Gasteiger partial charge on any atom is 0.252 e. The third-order valence-electron chi connectivity index (χ3n) is 4.16. The van der Waals surface area contributed by atoms with Crippen LogP contribution in [0.1, 0.15) is 38.1 Å². The average molecular weight is 321 g/mol. The summed E-state index contributed by atoms with van der Waals surface area (Å²) in [4.78, 5) is 18.7. The molecule has 6 heteroatoms. The van der Waals surface area contributed by atoms with Crippen molar-refractivity contribution in [1.82, 2.24) is 15.2 Å². The van der Waals surface area contributed by atoms with Crippen LogP contribution in [0.2, 0.25) is 0 Å². The van der Waals surface area contributed by atoms with E-state index >= 15 is 0 Å². The summed E-state index contributed by atoms with van der Waals surface area (Å²) in [6.07, 6.45) is 1.94. The van der Waals surface area contributed by atoms with Gasteiger partial charge in [0.1, 0.15) is 0 Å². The Morgan fingerprint density at radius 3 is 2.57 bits per heavy atom. The molecule has 0 aromatic carbocycles. The SMILES string of the molecule is COc1ccc(C(=O)NCC(C)(C)N2C[C@@H](C)O[C@@H](C)C2)cn1. The van der Waals surface area contributed by atoms with Gasteiger partial charge in [0.15, 0.2) is 0 Å². The van der Waals surface area contributed by atoms with E-state index in [1.54, 1.807) is 19.2 Å². The van der Waals surface area contributed by atoms with Gasteiger partial charge in [0.2, 0.25) is 5.88 Å². The molecule has 2 heterocycles. The van der Waals surface area contributed by atoms with E-state index < -0.39 is 0 Å². The van der Waals surface area contributed by atoms with Gasteiger partial charge in [0.05, 0.1) is 24.9 Å². The molecule has 1 amide bonds. The summed E-state index contributed by atoms with van der Waals surface area (Å²) in [5.41, 5.74) is 0.396. The van der Waals surface area contributed by atoms with Crippen molar-refractivity contribution in [3.63, 3.8) is 0 Å². The van der Waals surface area contributed by atoms with E-state index in [4.69, 9.17) is 9.47 Å². The Morgan fingerprint density at radius 1 is 1.39 bits per heavy atom. The third kappa shape index (κ3) is 4.65. The van der Waals surface area contributed by atoms with Crippen molar-refractivity contribution in [1.29, 1.82) is 0 Å². The fourth-order valence-electron chi connectivity index (χ4n) is 2.82. The Hall–Kier alpha value is -1.66. The highest BCUT2D eigenvalue weighted by Gasteiger charge is 2.33. The number of carbonyl (C=O) groups is 1. The highest BCUT2D eigenvalue weighted by molar-refractivity contribution is 5.93. The molecule has 1 aliphatic heterocycles. The number of morpholine rings is 1. The number of ether oxygens (including phenoxy) is 2. The predicted molar refractivity (Wildman–Crippen MR) is 88.8 cm³/mol. The Balaban J connectivity index is 1.93. The first-order chi connectivity index (χ1) is 10.8. The number of hydrogen-bond acceptors (Lipinski definition) is 5. The number of amides is 1. The smallest absolute Gasteiger partial charge is 0.252 e. The van der Waals surface area contributed by atoms with Crippen molar-refractivity contribution in [2.75, 3.05) is 26.7 Å². The van der Waals surface area contributed by atoms with E-state index in [-0.39, 0.29) is 23.7 Å². The van der Waals surface area contributed by atoms with E-state index in [1.807, 2.05) is 0 Å². The summed E-state index contributed by atoms with van der Waals surface area (Å²) < 4.78 is 10.8. The van der Waals surface area contributed by atoms with Gasteiger partial charge in [-0.15, -0.1) is 0 Å². The number of nitrogens with one attached hydrogen (secondary N) is 1. The molecule has 0 unspecified atom stereocenters. The number of carbonyl (C=O) groups excluding carboxylic acids is 1. The second-order valence-electron chi connectivity index (χ2n) is 6.75. The Kier molecular flexibility index (Phi) is 5.59. The molecule has 6 nitrogen and oxygen atoms in total. The molecule has 1 fully saturated rings.